The van der Waals surface area contributed by atoms with Gasteiger partial charge in [0.15, 0.2) is 0 Å². The molecule has 2 N–H and O–H groups in total. The van der Waals surface area contributed by atoms with Gasteiger partial charge in [-0.25, -0.2) is 0 Å². The van der Waals surface area contributed by atoms with Gasteiger partial charge < -0.3 is 5.32 Å². The van der Waals surface area contributed by atoms with Crippen LogP contribution in [0.3, 0.4) is 0 Å². The quantitative estimate of drug-likeness (QED) is 0.761. The molecular weight excluding hydrogens is 250 g/mol. The zero-order valence-corrected chi connectivity index (χ0v) is 13.0. The second kappa shape index (κ2) is 5.10. The third-order valence-corrected chi connectivity index (χ3v) is 5.42. The van der Waals surface area contributed by atoms with Gasteiger partial charge in [0.05, 0.1) is 5.75 Å². The normalized spacial score (nSPS) is 33.4. The molecule has 108 valence electrons. The van der Waals surface area contributed by atoms with Gasteiger partial charge in [0, 0.05) is 11.6 Å². The second-order valence-electron chi connectivity index (χ2n) is 6.94. The minimum Gasteiger partial charge on any atom is -0.308 e. The molecule has 2 bridgehead atoms. The molecule has 1 saturated carbocycles. The first-order valence-electron chi connectivity index (χ1n) is 6.68. The smallest absolute Gasteiger partial charge is 0.265 e. The minimum absolute atomic E-state index is 0.00463. The molecule has 1 aliphatic carbocycles. The van der Waals surface area contributed by atoms with Crippen molar-refractivity contribution in [2.24, 2.45) is 11.3 Å². The summed E-state index contributed by atoms with van der Waals surface area (Å²) in [4.78, 5) is 0. The fraction of sp³-hybridized carbons (Fsp3) is 1.00. The van der Waals surface area contributed by atoms with E-state index in [1.165, 1.54) is 19.3 Å². The van der Waals surface area contributed by atoms with Gasteiger partial charge in [-0.1, -0.05) is 27.7 Å². The van der Waals surface area contributed by atoms with E-state index in [-0.39, 0.29) is 11.7 Å². The maximum absolute atomic E-state index is 10.00. The number of piperidine rings is 1. The molecule has 5 heteroatoms. The SMILES string of the molecule is CC(C)CS(=O)(=O)O.CC1(C)CCC2CC1(C)N2. The number of rotatable bonds is 2. The van der Waals surface area contributed by atoms with Crippen LogP contribution in [0.1, 0.15) is 53.9 Å². The zero-order chi connectivity index (χ0) is 14.2. The molecule has 0 amide bonds. The maximum Gasteiger partial charge on any atom is 0.265 e. The average molecular weight is 277 g/mol. The maximum atomic E-state index is 10.00. The van der Waals surface area contributed by atoms with E-state index in [2.05, 4.69) is 26.1 Å². The third kappa shape index (κ3) is 3.93. The lowest BCUT2D eigenvalue weighted by Crippen LogP contribution is -2.71. The summed E-state index contributed by atoms with van der Waals surface area (Å²) in [5, 5.41) is 3.65. The molecule has 0 radical (unpaired) electrons. The summed E-state index contributed by atoms with van der Waals surface area (Å²) >= 11 is 0. The van der Waals surface area contributed by atoms with Crippen molar-refractivity contribution < 1.29 is 13.0 Å². The molecule has 2 atom stereocenters. The van der Waals surface area contributed by atoms with Crippen LogP contribution in [-0.4, -0.2) is 30.3 Å². The molecule has 2 aliphatic heterocycles. The first-order chi connectivity index (χ1) is 7.95. The molecule has 3 aliphatic rings. The van der Waals surface area contributed by atoms with Crippen molar-refractivity contribution in [2.45, 2.75) is 65.5 Å². The number of fused-ring (bicyclic) bond motifs is 2. The van der Waals surface area contributed by atoms with Crippen molar-refractivity contribution >= 4 is 10.1 Å². The fourth-order valence-electron chi connectivity index (χ4n) is 2.80. The summed E-state index contributed by atoms with van der Waals surface area (Å²) in [5.41, 5.74) is 0.998. The standard InChI is InChI=1S/C9H17N.C4H10O3S/c1-8(2)5-4-7-6-9(8,3)10-7;1-4(2)3-8(5,6)7/h7,10H,4-6H2,1-3H3;4H,3H2,1-2H3,(H,5,6,7). The topological polar surface area (TPSA) is 66.4 Å². The summed E-state index contributed by atoms with van der Waals surface area (Å²) in [6, 6.07) is 0.859. The van der Waals surface area contributed by atoms with E-state index >= 15 is 0 Å². The molecule has 2 unspecified atom stereocenters. The summed E-state index contributed by atoms with van der Waals surface area (Å²) < 4.78 is 28.2. The predicted octanol–water partition coefficient (Wildman–Crippen LogP) is 2.46. The predicted molar refractivity (Wildman–Crippen MR) is 74.2 cm³/mol. The van der Waals surface area contributed by atoms with Crippen LogP contribution in [0.4, 0.5) is 0 Å². The highest BCUT2D eigenvalue weighted by Crippen LogP contribution is 2.50. The van der Waals surface area contributed by atoms with Crippen LogP contribution in [0.5, 0.6) is 0 Å². The van der Waals surface area contributed by atoms with E-state index in [0.717, 1.165) is 6.04 Å². The summed E-state index contributed by atoms with van der Waals surface area (Å²) in [6.07, 6.45) is 4.20. The van der Waals surface area contributed by atoms with Crippen LogP contribution in [0.25, 0.3) is 0 Å². The molecule has 18 heavy (non-hydrogen) atoms. The van der Waals surface area contributed by atoms with Crippen LogP contribution in [0.15, 0.2) is 0 Å². The highest BCUT2D eigenvalue weighted by molar-refractivity contribution is 7.85. The number of hydrogen-bond donors (Lipinski definition) is 2. The largest absolute Gasteiger partial charge is 0.308 e. The van der Waals surface area contributed by atoms with Gasteiger partial charge in [0.25, 0.3) is 10.1 Å². The number of hydrogen-bond acceptors (Lipinski definition) is 3. The van der Waals surface area contributed by atoms with Gasteiger partial charge in [-0.3, -0.25) is 4.55 Å². The van der Waals surface area contributed by atoms with Gasteiger partial charge in [-0.2, -0.15) is 8.42 Å². The van der Waals surface area contributed by atoms with E-state index in [4.69, 9.17) is 4.55 Å². The Kier molecular flexibility index (Phi) is 4.51. The molecule has 3 fully saturated rings. The Hall–Kier alpha value is -0.130. The lowest BCUT2D eigenvalue weighted by Gasteiger charge is -2.61. The summed E-state index contributed by atoms with van der Waals surface area (Å²) in [7, 11) is -3.72. The molecule has 0 spiro atoms. The van der Waals surface area contributed by atoms with Crippen molar-refractivity contribution in [3.63, 3.8) is 0 Å². The highest BCUT2D eigenvalue weighted by atomic mass is 32.2. The summed E-state index contributed by atoms with van der Waals surface area (Å²) in [6.45, 7) is 10.6. The molecule has 4 nitrogen and oxygen atoms in total. The highest BCUT2D eigenvalue weighted by Gasteiger charge is 2.53. The Labute approximate surface area is 111 Å². The molecule has 3 rings (SSSR count). The Morgan fingerprint density at radius 1 is 1.33 bits per heavy atom. The van der Waals surface area contributed by atoms with Crippen LogP contribution in [-0.2, 0) is 10.1 Å². The lowest BCUT2D eigenvalue weighted by atomic mass is 9.57. The first-order valence-corrected chi connectivity index (χ1v) is 8.29. The van der Waals surface area contributed by atoms with Crippen molar-refractivity contribution in [2.75, 3.05) is 5.75 Å². The van der Waals surface area contributed by atoms with E-state index in [1.807, 2.05) is 0 Å². The van der Waals surface area contributed by atoms with Gasteiger partial charge in [-0.15, -0.1) is 0 Å². The molecule has 0 aromatic carbocycles. The average Bonchev–Trinajstić information content (AvgIpc) is 2.04. The van der Waals surface area contributed by atoms with Gasteiger partial charge in [0.2, 0.25) is 0 Å². The zero-order valence-electron chi connectivity index (χ0n) is 12.2. The molecular formula is C13H27NO3S. The monoisotopic (exact) mass is 277 g/mol. The van der Waals surface area contributed by atoms with Crippen molar-refractivity contribution in [1.29, 1.82) is 0 Å². The van der Waals surface area contributed by atoms with Gasteiger partial charge in [0.1, 0.15) is 0 Å². The first kappa shape index (κ1) is 15.9. The Balaban J connectivity index is 0.000000187. The third-order valence-electron chi connectivity index (χ3n) is 4.33. The van der Waals surface area contributed by atoms with Crippen molar-refractivity contribution in [3.8, 4) is 0 Å². The lowest BCUT2D eigenvalue weighted by molar-refractivity contribution is -0.0331. The molecule has 0 aromatic heterocycles. The van der Waals surface area contributed by atoms with Gasteiger partial charge >= 0.3 is 0 Å². The Morgan fingerprint density at radius 3 is 2.00 bits per heavy atom. The minimum atomic E-state index is -3.72. The number of nitrogens with one attached hydrogen (secondary N) is 1. The van der Waals surface area contributed by atoms with Crippen molar-refractivity contribution in [3.05, 3.63) is 0 Å². The van der Waals surface area contributed by atoms with E-state index in [0.29, 0.717) is 11.0 Å². The van der Waals surface area contributed by atoms with E-state index in [9.17, 15) is 8.42 Å². The van der Waals surface area contributed by atoms with Crippen LogP contribution in [0, 0.1) is 11.3 Å². The molecule has 2 saturated heterocycles. The Morgan fingerprint density at radius 2 is 1.83 bits per heavy atom. The van der Waals surface area contributed by atoms with Crippen molar-refractivity contribution in [1.82, 2.24) is 5.32 Å². The van der Waals surface area contributed by atoms with Crippen LogP contribution < -0.4 is 5.32 Å². The molecule has 2 heterocycles. The molecule has 0 aromatic rings. The van der Waals surface area contributed by atoms with Crippen LogP contribution in [0.2, 0.25) is 0 Å². The second-order valence-corrected chi connectivity index (χ2v) is 8.44. The van der Waals surface area contributed by atoms with E-state index < -0.39 is 10.1 Å². The van der Waals surface area contributed by atoms with Gasteiger partial charge in [-0.05, 0) is 37.5 Å². The summed E-state index contributed by atoms with van der Waals surface area (Å²) in [5.74, 6) is -0.141. The van der Waals surface area contributed by atoms with E-state index in [1.54, 1.807) is 13.8 Å². The Bertz CT molecular complexity index is 372. The fourth-order valence-corrected chi connectivity index (χ4v) is 3.64. The van der Waals surface area contributed by atoms with Crippen LogP contribution >= 0.6 is 0 Å².